The van der Waals surface area contributed by atoms with Crippen molar-refractivity contribution in [1.82, 2.24) is 5.32 Å². The van der Waals surface area contributed by atoms with Crippen LogP contribution in [0.2, 0.25) is 0 Å². The Morgan fingerprint density at radius 3 is 2.93 bits per heavy atom. The van der Waals surface area contributed by atoms with Gasteiger partial charge in [0.15, 0.2) is 0 Å². The van der Waals surface area contributed by atoms with Gasteiger partial charge < -0.3 is 10.1 Å². The second kappa shape index (κ2) is 4.24. The molecule has 1 aromatic rings. The van der Waals surface area contributed by atoms with E-state index in [1.807, 2.05) is 12.1 Å². The van der Waals surface area contributed by atoms with Crippen molar-refractivity contribution < 1.29 is 4.74 Å². The summed E-state index contributed by atoms with van der Waals surface area (Å²) in [4.78, 5) is 0. The molecule has 0 spiro atoms. The fraction of sp³-hybridized carbons (Fsp3) is 0.500. The van der Waals surface area contributed by atoms with Crippen molar-refractivity contribution in [1.29, 1.82) is 0 Å². The molecule has 82 valence electrons. The minimum absolute atomic E-state index is 0.000949. The van der Waals surface area contributed by atoms with E-state index in [1.54, 1.807) is 0 Å². The Hall–Kier alpha value is -0.380. The van der Waals surface area contributed by atoms with Gasteiger partial charge in [-0.15, -0.1) is 0 Å². The predicted octanol–water partition coefficient (Wildman–Crippen LogP) is 2.89. The van der Waals surface area contributed by atoms with Crippen LogP contribution in [-0.4, -0.2) is 18.7 Å². The zero-order chi connectivity index (χ0) is 10.9. The second-order valence-corrected chi connectivity index (χ2v) is 5.37. The van der Waals surface area contributed by atoms with E-state index in [-0.39, 0.29) is 11.6 Å². The van der Waals surface area contributed by atoms with E-state index in [0.29, 0.717) is 0 Å². The Bertz CT molecular complexity index is 351. The van der Waals surface area contributed by atoms with E-state index in [0.717, 1.165) is 17.6 Å². The molecule has 1 atom stereocenters. The van der Waals surface area contributed by atoms with Crippen molar-refractivity contribution >= 4 is 15.9 Å². The number of halogens is 1. The van der Waals surface area contributed by atoms with Crippen molar-refractivity contribution in [3.63, 3.8) is 0 Å². The highest BCUT2D eigenvalue weighted by Crippen LogP contribution is 2.32. The van der Waals surface area contributed by atoms with Gasteiger partial charge in [-0.25, -0.2) is 0 Å². The number of nitrogens with one attached hydrogen (secondary N) is 1. The number of hydrogen-bond donors (Lipinski definition) is 1. The molecule has 0 bridgehead atoms. The molecule has 0 radical (unpaired) electrons. The Balaban J connectivity index is 2.29. The molecule has 1 N–H and O–H groups in total. The molecule has 1 saturated heterocycles. The van der Waals surface area contributed by atoms with Crippen LogP contribution in [0, 0.1) is 0 Å². The maximum atomic E-state index is 5.85. The standard InChI is InChI=1S/C12H16BrNO/c1-12(2)11(15-7-6-14-12)9-4-3-5-10(13)8-9/h3-5,8,11,14H,6-7H2,1-2H3/t11-/m1/s1. The molecule has 1 heterocycles. The summed E-state index contributed by atoms with van der Waals surface area (Å²) in [6.07, 6.45) is 0.128. The van der Waals surface area contributed by atoms with Crippen LogP contribution < -0.4 is 5.32 Å². The first-order valence-corrected chi connectivity index (χ1v) is 6.01. The normalized spacial score (nSPS) is 25.1. The molecule has 1 aromatic carbocycles. The average molecular weight is 270 g/mol. The fourth-order valence-electron chi connectivity index (χ4n) is 2.03. The number of hydrogen-bond acceptors (Lipinski definition) is 2. The van der Waals surface area contributed by atoms with E-state index in [9.17, 15) is 0 Å². The second-order valence-electron chi connectivity index (χ2n) is 4.45. The maximum Gasteiger partial charge on any atom is 0.100 e. The SMILES string of the molecule is CC1(C)NCCO[C@@H]1c1cccc(Br)c1. The van der Waals surface area contributed by atoms with E-state index in [1.165, 1.54) is 5.56 Å². The first kappa shape index (κ1) is 11.1. The summed E-state index contributed by atoms with van der Waals surface area (Å²) in [5.41, 5.74) is 1.22. The number of rotatable bonds is 1. The largest absolute Gasteiger partial charge is 0.370 e. The molecule has 0 amide bonds. The summed E-state index contributed by atoms with van der Waals surface area (Å²) >= 11 is 3.49. The van der Waals surface area contributed by atoms with E-state index >= 15 is 0 Å². The molecular formula is C12H16BrNO. The monoisotopic (exact) mass is 269 g/mol. The third-order valence-corrected chi connectivity index (χ3v) is 3.27. The van der Waals surface area contributed by atoms with Crippen molar-refractivity contribution in [2.75, 3.05) is 13.2 Å². The summed E-state index contributed by atoms with van der Waals surface area (Å²) in [5, 5.41) is 3.49. The molecule has 0 unspecified atom stereocenters. The third-order valence-electron chi connectivity index (χ3n) is 2.77. The smallest absolute Gasteiger partial charge is 0.100 e. The minimum Gasteiger partial charge on any atom is -0.370 e. The van der Waals surface area contributed by atoms with Crippen molar-refractivity contribution in [3.05, 3.63) is 34.3 Å². The molecule has 2 nitrogen and oxygen atoms in total. The number of ether oxygens (including phenoxy) is 1. The van der Waals surface area contributed by atoms with E-state index in [2.05, 4.69) is 47.2 Å². The van der Waals surface area contributed by atoms with E-state index < -0.39 is 0 Å². The molecule has 15 heavy (non-hydrogen) atoms. The molecule has 1 aliphatic rings. The molecule has 1 fully saturated rings. The first-order valence-electron chi connectivity index (χ1n) is 5.22. The van der Waals surface area contributed by atoms with Crippen molar-refractivity contribution in [2.24, 2.45) is 0 Å². The molecule has 3 heteroatoms. The molecular weight excluding hydrogens is 254 g/mol. The van der Waals surface area contributed by atoms with Gasteiger partial charge in [-0.05, 0) is 31.5 Å². The highest BCUT2D eigenvalue weighted by Gasteiger charge is 2.34. The van der Waals surface area contributed by atoms with Gasteiger partial charge in [0.1, 0.15) is 6.10 Å². The highest BCUT2D eigenvalue weighted by molar-refractivity contribution is 9.10. The average Bonchev–Trinajstić information content (AvgIpc) is 2.17. The van der Waals surface area contributed by atoms with Gasteiger partial charge in [-0.3, -0.25) is 0 Å². The summed E-state index contributed by atoms with van der Waals surface area (Å²) in [5.74, 6) is 0. The zero-order valence-corrected chi connectivity index (χ0v) is 10.7. The fourth-order valence-corrected chi connectivity index (χ4v) is 2.45. The minimum atomic E-state index is -0.000949. The quantitative estimate of drug-likeness (QED) is 0.847. The molecule has 1 aliphatic heterocycles. The predicted molar refractivity (Wildman–Crippen MR) is 64.9 cm³/mol. The van der Waals surface area contributed by atoms with Crippen molar-refractivity contribution in [3.8, 4) is 0 Å². The Labute approximate surface area is 99.1 Å². The van der Waals surface area contributed by atoms with Gasteiger partial charge in [-0.2, -0.15) is 0 Å². The van der Waals surface area contributed by atoms with Gasteiger partial charge >= 0.3 is 0 Å². The summed E-state index contributed by atoms with van der Waals surface area (Å²) in [6, 6.07) is 8.32. The molecule has 0 aliphatic carbocycles. The van der Waals surface area contributed by atoms with Crippen LogP contribution in [-0.2, 0) is 4.74 Å². The van der Waals surface area contributed by atoms with Crippen molar-refractivity contribution in [2.45, 2.75) is 25.5 Å². The topological polar surface area (TPSA) is 21.3 Å². The van der Waals surface area contributed by atoms with Crippen LogP contribution in [0.4, 0.5) is 0 Å². The van der Waals surface area contributed by atoms with Crippen LogP contribution in [0.5, 0.6) is 0 Å². The number of benzene rings is 1. The van der Waals surface area contributed by atoms with E-state index in [4.69, 9.17) is 4.74 Å². The Morgan fingerprint density at radius 2 is 2.27 bits per heavy atom. The zero-order valence-electron chi connectivity index (χ0n) is 9.09. The van der Waals surface area contributed by atoms with Crippen LogP contribution in [0.15, 0.2) is 28.7 Å². The van der Waals surface area contributed by atoms with Crippen LogP contribution in [0.25, 0.3) is 0 Å². The molecule has 0 saturated carbocycles. The first-order chi connectivity index (χ1) is 7.09. The lowest BCUT2D eigenvalue weighted by Gasteiger charge is -2.39. The summed E-state index contributed by atoms with van der Waals surface area (Å²) in [6.45, 7) is 6.06. The van der Waals surface area contributed by atoms with Gasteiger partial charge in [0, 0.05) is 16.6 Å². The van der Waals surface area contributed by atoms with Gasteiger partial charge in [0.2, 0.25) is 0 Å². The van der Waals surface area contributed by atoms with Crippen LogP contribution >= 0.6 is 15.9 Å². The van der Waals surface area contributed by atoms with Gasteiger partial charge in [0.05, 0.1) is 6.61 Å². The van der Waals surface area contributed by atoms with Gasteiger partial charge in [-0.1, -0.05) is 28.1 Å². The lowest BCUT2D eigenvalue weighted by Crippen LogP contribution is -2.51. The summed E-state index contributed by atoms with van der Waals surface area (Å²) < 4.78 is 6.95. The van der Waals surface area contributed by atoms with Crippen LogP contribution in [0.3, 0.4) is 0 Å². The van der Waals surface area contributed by atoms with Gasteiger partial charge in [0.25, 0.3) is 0 Å². The molecule has 2 rings (SSSR count). The molecule has 0 aromatic heterocycles. The Morgan fingerprint density at radius 1 is 1.47 bits per heavy atom. The lowest BCUT2D eigenvalue weighted by molar-refractivity contribution is -0.0388. The lowest BCUT2D eigenvalue weighted by atomic mass is 9.90. The van der Waals surface area contributed by atoms with Crippen LogP contribution in [0.1, 0.15) is 25.5 Å². The Kier molecular flexibility index (Phi) is 3.14. The maximum absolute atomic E-state index is 5.85. The highest BCUT2D eigenvalue weighted by atomic mass is 79.9. The summed E-state index contributed by atoms with van der Waals surface area (Å²) in [7, 11) is 0. The number of morpholine rings is 1. The third kappa shape index (κ3) is 2.41.